The largest absolute Gasteiger partial charge is 0.461 e. The average molecular weight is 866 g/mol. The fourth-order valence-corrected chi connectivity index (χ4v) is 7.57. The zero-order chi connectivity index (χ0) is 45.2. The van der Waals surface area contributed by atoms with E-state index in [1.54, 1.807) is 0 Å². The van der Waals surface area contributed by atoms with Crippen molar-refractivity contribution < 1.29 is 24.5 Å². The molecule has 1 amide bonds. The maximum absolute atomic E-state index is 13.2. The molecule has 62 heavy (non-hydrogen) atoms. The number of rotatable bonds is 46. The second-order valence-corrected chi connectivity index (χ2v) is 17.5. The van der Waals surface area contributed by atoms with E-state index in [9.17, 15) is 19.8 Å². The number of allylic oxidation sites excluding steroid dienone is 11. The summed E-state index contributed by atoms with van der Waals surface area (Å²) in [6, 6.07) is -0.737. The zero-order valence-electron chi connectivity index (χ0n) is 40.7. The molecule has 0 radical (unpaired) electrons. The van der Waals surface area contributed by atoms with Crippen LogP contribution in [0.5, 0.6) is 0 Å². The van der Waals surface area contributed by atoms with Gasteiger partial charge in [0.25, 0.3) is 0 Å². The van der Waals surface area contributed by atoms with E-state index in [0.29, 0.717) is 19.3 Å². The van der Waals surface area contributed by atoms with Crippen LogP contribution in [0.15, 0.2) is 72.9 Å². The van der Waals surface area contributed by atoms with Crippen LogP contribution in [-0.2, 0) is 14.3 Å². The molecule has 0 rings (SSSR count). The highest BCUT2D eigenvalue weighted by molar-refractivity contribution is 5.77. The molecule has 0 spiro atoms. The Balaban J connectivity index is 4.73. The van der Waals surface area contributed by atoms with Crippen LogP contribution in [-0.4, -0.2) is 46.9 Å². The predicted molar refractivity (Wildman–Crippen MR) is 268 cm³/mol. The Morgan fingerprint density at radius 3 is 1.35 bits per heavy atom. The highest BCUT2D eigenvalue weighted by atomic mass is 16.5. The molecule has 3 unspecified atom stereocenters. The molecular weight excluding hydrogens is 767 g/mol. The Hall–Kier alpha value is -2.70. The molecule has 0 heterocycles. The van der Waals surface area contributed by atoms with Crippen molar-refractivity contribution in [3.8, 4) is 0 Å². The van der Waals surface area contributed by atoms with Gasteiger partial charge in [0.2, 0.25) is 5.91 Å². The monoisotopic (exact) mass is 866 g/mol. The lowest BCUT2D eigenvalue weighted by molar-refractivity contribution is -0.150. The summed E-state index contributed by atoms with van der Waals surface area (Å²) in [4.78, 5) is 26.1. The summed E-state index contributed by atoms with van der Waals surface area (Å²) in [6.07, 6.45) is 62.6. The number of hydrogen-bond acceptors (Lipinski definition) is 5. The molecule has 358 valence electrons. The minimum atomic E-state index is -0.816. The van der Waals surface area contributed by atoms with Gasteiger partial charge in [0.05, 0.1) is 25.2 Å². The lowest BCUT2D eigenvalue weighted by atomic mass is 10.0. The minimum Gasteiger partial charge on any atom is -0.461 e. The Kier molecular flexibility index (Phi) is 47.2. The van der Waals surface area contributed by atoms with Crippen molar-refractivity contribution in [2.45, 2.75) is 264 Å². The summed E-state index contributed by atoms with van der Waals surface area (Å²) in [5, 5.41) is 23.7. The van der Waals surface area contributed by atoms with Crippen molar-refractivity contribution >= 4 is 11.9 Å². The van der Waals surface area contributed by atoms with Crippen molar-refractivity contribution in [3.05, 3.63) is 72.9 Å². The van der Waals surface area contributed by atoms with Gasteiger partial charge in [0.15, 0.2) is 0 Å². The summed E-state index contributed by atoms with van der Waals surface area (Å²) >= 11 is 0. The van der Waals surface area contributed by atoms with E-state index in [-0.39, 0.29) is 24.9 Å². The van der Waals surface area contributed by atoms with Crippen molar-refractivity contribution in [3.63, 3.8) is 0 Å². The van der Waals surface area contributed by atoms with E-state index in [1.807, 2.05) is 12.2 Å². The summed E-state index contributed by atoms with van der Waals surface area (Å²) in [6.45, 7) is 6.34. The Bertz CT molecular complexity index is 1150. The second kappa shape index (κ2) is 49.3. The SMILES string of the molecule is CC/C=C\C/C=C\C/C=C\C/C=C\C/C=C\CC(CC(=O)NC(CO)C(O)CCCCCCCCCCCCCCCC)OC(=O)CCCCC/C=C\CCCCCCCCC. The number of carbonyl (C=O) groups excluding carboxylic acids is 2. The van der Waals surface area contributed by atoms with Gasteiger partial charge < -0.3 is 20.3 Å². The van der Waals surface area contributed by atoms with E-state index >= 15 is 0 Å². The first-order valence-corrected chi connectivity index (χ1v) is 26.2. The second-order valence-electron chi connectivity index (χ2n) is 17.5. The lowest BCUT2D eigenvalue weighted by Gasteiger charge is -2.24. The first kappa shape index (κ1) is 59.3. The standard InChI is InChI=1S/C56H99NO5/c1-4-7-10-13-16-19-22-25-28-29-32-35-38-41-44-47-52(62-56(61)49-46-43-40-37-34-31-27-24-21-18-15-12-9-6-3)50-55(60)57-53(51-58)54(59)48-45-42-39-36-33-30-26-23-20-17-14-11-8-5-2/h7,10,16,19,25,28,31-32,34-35,41,44,52-54,58-59H,4-6,8-9,11-15,17-18,20-24,26-27,29-30,33,36-40,42-43,45-51H2,1-3H3,(H,57,60)/b10-7-,19-16-,28-25-,34-31-,35-32-,44-41-. The van der Waals surface area contributed by atoms with Gasteiger partial charge in [0, 0.05) is 12.8 Å². The number of ether oxygens (including phenoxy) is 1. The van der Waals surface area contributed by atoms with Gasteiger partial charge in [-0.05, 0) is 70.6 Å². The summed E-state index contributed by atoms with van der Waals surface area (Å²) in [7, 11) is 0. The summed E-state index contributed by atoms with van der Waals surface area (Å²) in [5.41, 5.74) is 0. The van der Waals surface area contributed by atoms with Gasteiger partial charge in [-0.25, -0.2) is 0 Å². The van der Waals surface area contributed by atoms with Crippen molar-refractivity contribution in [2.24, 2.45) is 0 Å². The topological polar surface area (TPSA) is 95.9 Å². The number of esters is 1. The van der Waals surface area contributed by atoms with E-state index < -0.39 is 18.2 Å². The molecule has 3 atom stereocenters. The van der Waals surface area contributed by atoms with Crippen LogP contribution in [0.25, 0.3) is 0 Å². The van der Waals surface area contributed by atoms with Crippen molar-refractivity contribution in [1.29, 1.82) is 0 Å². The van der Waals surface area contributed by atoms with E-state index in [4.69, 9.17) is 4.74 Å². The first-order valence-electron chi connectivity index (χ1n) is 26.2. The van der Waals surface area contributed by atoms with Crippen LogP contribution in [0.1, 0.15) is 245 Å². The van der Waals surface area contributed by atoms with E-state index in [1.165, 1.54) is 116 Å². The smallest absolute Gasteiger partial charge is 0.306 e. The minimum absolute atomic E-state index is 0.00827. The van der Waals surface area contributed by atoms with Gasteiger partial charge in [-0.2, -0.15) is 0 Å². The van der Waals surface area contributed by atoms with E-state index in [0.717, 1.165) is 83.5 Å². The van der Waals surface area contributed by atoms with E-state index in [2.05, 4.69) is 86.8 Å². The number of amides is 1. The third-order valence-electron chi connectivity index (χ3n) is 11.5. The quantitative estimate of drug-likeness (QED) is 0.0322. The van der Waals surface area contributed by atoms with Crippen LogP contribution >= 0.6 is 0 Å². The number of aliphatic hydroxyl groups excluding tert-OH is 2. The molecule has 0 aromatic carbocycles. The molecule has 0 aliphatic heterocycles. The number of hydrogen-bond donors (Lipinski definition) is 3. The van der Waals surface area contributed by atoms with Crippen LogP contribution in [0.3, 0.4) is 0 Å². The van der Waals surface area contributed by atoms with Crippen molar-refractivity contribution in [1.82, 2.24) is 5.32 Å². The fraction of sp³-hybridized carbons (Fsp3) is 0.750. The van der Waals surface area contributed by atoms with Crippen LogP contribution < -0.4 is 5.32 Å². The Labute approximate surface area is 383 Å². The molecule has 0 aliphatic rings. The number of nitrogens with one attached hydrogen (secondary N) is 1. The molecule has 0 saturated heterocycles. The van der Waals surface area contributed by atoms with Gasteiger partial charge in [-0.15, -0.1) is 0 Å². The average Bonchev–Trinajstić information content (AvgIpc) is 3.26. The van der Waals surface area contributed by atoms with Gasteiger partial charge in [-0.1, -0.05) is 229 Å². The van der Waals surface area contributed by atoms with Crippen molar-refractivity contribution in [2.75, 3.05) is 6.61 Å². The predicted octanol–water partition coefficient (Wildman–Crippen LogP) is 15.8. The number of aliphatic hydroxyl groups is 2. The normalized spacial score (nSPS) is 13.8. The molecule has 0 aromatic heterocycles. The highest BCUT2D eigenvalue weighted by Gasteiger charge is 2.23. The molecule has 0 saturated carbocycles. The molecular formula is C56H99NO5. The first-order chi connectivity index (χ1) is 30.5. The summed E-state index contributed by atoms with van der Waals surface area (Å²) < 4.78 is 5.86. The Morgan fingerprint density at radius 1 is 0.500 bits per heavy atom. The van der Waals surface area contributed by atoms with Gasteiger partial charge in [0.1, 0.15) is 6.10 Å². The van der Waals surface area contributed by atoms with Gasteiger partial charge in [-0.3, -0.25) is 9.59 Å². The Morgan fingerprint density at radius 2 is 0.903 bits per heavy atom. The van der Waals surface area contributed by atoms with Crippen LogP contribution in [0.2, 0.25) is 0 Å². The highest BCUT2D eigenvalue weighted by Crippen LogP contribution is 2.16. The molecule has 6 heteroatoms. The van der Waals surface area contributed by atoms with Crippen LogP contribution in [0.4, 0.5) is 0 Å². The molecule has 0 aliphatic carbocycles. The molecule has 0 bridgehead atoms. The number of carbonyl (C=O) groups is 2. The van der Waals surface area contributed by atoms with Crippen LogP contribution in [0, 0.1) is 0 Å². The molecule has 0 fully saturated rings. The lowest BCUT2D eigenvalue weighted by Crippen LogP contribution is -2.46. The number of unbranched alkanes of at least 4 members (excludes halogenated alkanes) is 23. The zero-order valence-corrected chi connectivity index (χ0v) is 40.7. The summed E-state index contributed by atoms with van der Waals surface area (Å²) in [5.74, 6) is -0.598. The molecule has 0 aromatic rings. The molecule has 3 N–H and O–H groups in total. The molecule has 6 nitrogen and oxygen atoms in total. The maximum Gasteiger partial charge on any atom is 0.306 e. The third kappa shape index (κ3) is 43.9. The maximum atomic E-state index is 13.2. The van der Waals surface area contributed by atoms with Gasteiger partial charge >= 0.3 is 5.97 Å². The third-order valence-corrected chi connectivity index (χ3v) is 11.5. The fourth-order valence-electron chi connectivity index (χ4n) is 7.57.